The molecule has 1 fully saturated rings. The van der Waals surface area contributed by atoms with Crippen molar-refractivity contribution in [3.8, 4) is 0 Å². The Hall–Kier alpha value is -1.36. The Morgan fingerprint density at radius 3 is 3.20 bits per heavy atom. The van der Waals surface area contributed by atoms with Crippen LogP contribution in [0.5, 0.6) is 0 Å². The summed E-state index contributed by atoms with van der Waals surface area (Å²) < 4.78 is 5.36. The maximum absolute atomic E-state index is 5.83. The van der Waals surface area contributed by atoms with Gasteiger partial charge in [-0.3, -0.25) is 0 Å². The smallest absolute Gasteiger partial charge is 0.155 e. The monoisotopic (exact) mass is 208 g/mol. The van der Waals surface area contributed by atoms with Crippen LogP contribution in [-0.4, -0.2) is 36.3 Å². The second-order valence-corrected chi connectivity index (χ2v) is 3.75. The molecule has 1 atom stereocenters. The van der Waals surface area contributed by atoms with Gasteiger partial charge < -0.3 is 15.4 Å². The van der Waals surface area contributed by atoms with Crippen molar-refractivity contribution in [2.45, 2.75) is 18.9 Å². The number of nitrogen functional groups attached to an aromatic ring is 1. The standard InChI is InChI=1S/C10H16N4O/c1-15-8-3-2-4-14(6-8)10-9(11)5-12-7-13-10/h5,7-8H,2-4,6,11H2,1H3. The highest BCUT2D eigenvalue weighted by Gasteiger charge is 2.21. The van der Waals surface area contributed by atoms with Crippen molar-refractivity contribution in [1.29, 1.82) is 0 Å². The topological polar surface area (TPSA) is 64.3 Å². The molecule has 82 valence electrons. The molecule has 2 heterocycles. The van der Waals surface area contributed by atoms with E-state index in [-0.39, 0.29) is 6.10 Å². The number of aromatic nitrogens is 2. The Morgan fingerprint density at radius 2 is 2.47 bits per heavy atom. The van der Waals surface area contributed by atoms with Crippen LogP contribution in [0.3, 0.4) is 0 Å². The third kappa shape index (κ3) is 2.18. The van der Waals surface area contributed by atoms with Crippen molar-refractivity contribution in [3.05, 3.63) is 12.5 Å². The van der Waals surface area contributed by atoms with Crippen molar-refractivity contribution < 1.29 is 4.74 Å². The number of nitrogens with zero attached hydrogens (tertiary/aromatic N) is 3. The van der Waals surface area contributed by atoms with Crippen LogP contribution in [-0.2, 0) is 4.74 Å². The van der Waals surface area contributed by atoms with Gasteiger partial charge in [0.05, 0.1) is 18.0 Å². The zero-order valence-corrected chi connectivity index (χ0v) is 8.89. The summed E-state index contributed by atoms with van der Waals surface area (Å²) in [5.41, 5.74) is 6.46. The van der Waals surface area contributed by atoms with Gasteiger partial charge >= 0.3 is 0 Å². The van der Waals surface area contributed by atoms with Crippen molar-refractivity contribution in [1.82, 2.24) is 9.97 Å². The van der Waals surface area contributed by atoms with E-state index in [2.05, 4.69) is 14.9 Å². The summed E-state index contributed by atoms with van der Waals surface area (Å²) >= 11 is 0. The number of hydrogen-bond acceptors (Lipinski definition) is 5. The lowest BCUT2D eigenvalue weighted by atomic mass is 10.1. The molecule has 1 aliphatic rings. The molecule has 5 nitrogen and oxygen atoms in total. The lowest BCUT2D eigenvalue weighted by Crippen LogP contribution is -2.40. The van der Waals surface area contributed by atoms with Crippen molar-refractivity contribution in [2.75, 3.05) is 30.8 Å². The molecule has 1 saturated heterocycles. The first kappa shape index (κ1) is 10.2. The molecule has 5 heteroatoms. The zero-order chi connectivity index (χ0) is 10.7. The van der Waals surface area contributed by atoms with E-state index in [1.807, 2.05) is 0 Å². The lowest BCUT2D eigenvalue weighted by Gasteiger charge is -2.33. The summed E-state index contributed by atoms with van der Waals surface area (Å²) in [5, 5.41) is 0. The predicted molar refractivity (Wildman–Crippen MR) is 58.7 cm³/mol. The van der Waals surface area contributed by atoms with E-state index in [4.69, 9.17) is 10.5 Å². The molecule has 1 aromatic rings. The molecule has 1 aliphatic heterocycles. The third-order valence-corrected chi connectivity index (χ3v) is 2.73. The summed E-state index contributed by atoms with van der Waals surface area (Å²) in [5.74, 6) is 0.826. The van der Waals surface area contributed by atoms with Gasteiger partial charge in [0, 0.05) is 20.2 Å². The van der Waals surface area contributed by atoms with Gasteiger partial charge in [-0.05, 0) is 12.8 Å². The van der Waals surface area contributed by atoms with Gasteiger partial charge in [-0.15, -0.1) is 0 Å². The number of nitrogens with two attached hydrogens (primary N) is 1. The number of ether oxygens (including phenoxy) is 1. The van der Waals surface area contributed by atoms with Gasteiger partial charge in [0.1, 0.15) is 6.33 Å². The van der Waals surface area contributed by atoms with Crippen LogP contribution in [0.1, 0.15) is 12.8 Å². The van der Waals surface area contributed by atoms with Crippen molar-refractivity contribution in [3.63, 3.8) is 0 Å². The summed E-state index contributed by atoms with van der Waals surface area (Å²) in [6.07, 6.45) is 5.67. The molecule has 0 bridgehead atoms. The highest BCUT2D eigenvalue weighted by atomic mass is 16.5. The Bertz CT molecular complexity index is 331. The fourth-order valence-corrected chi connectivity index (χ4v) is 1.92. The fraction of sp³-hybridized carbons (Fsp3) is 0.600. The molecule has 0 aliphatic carbocycles. The van der Waals surface area contributed by atoms with E-state index in [1.165, 1.54) is 6.33 Å². The van der Waals surface area contributed by atoms with E-state index in [0.717, 1.165) is 31.7 Å². The summed E-state index contributed by atoms with van der Waals surface area (Å²) in [7, 11) is 1.75. The Morgan fingerprint density at radius 1 is 1.60 bits per heavy atom. The predicted octanol–water partition coefficient (Wildman–Crippen LogP) is 0.674. The summed E-state index contributed by atoms with van der Waals surface area (Å²) in [4.78, 5) is 10.3. The number of anilines is 2. The molecule has 0 saturated carbocycles. The minimum Gasteiger partial charge on any atom is -0.394 e. The van der Waals surface area contributed by atoms with Gasteiger partial charge in [0.15, 0.2) is 5.82 Å². The molecule has 2 rings (SSSR count). The van der Waals surface area contributed by atoms with E-state index in [9.17, 15) is 0 Å². The Labute approximate surface area is 89.3 Å². The second-order valence-electron chi connectivity index (χ2n) is 3.75. The first-order chi connectivity index (χ1) is 7.31. The minimum atomic E-state index is 0.285. The van der Waals surface area contributed by atoms with Gasteiger partial charge in [0.25, 0.3) is 0 Å². The van der Waals surface area contributed by atoms with Crippen molar-refractivity contribution >= 4 is 11.5 Å². The maximum atomic E-state index is 5.83. The molecular weight excluding hydrogens is 192 g/mol. The molecule has 0 amide bonds. The minimum absolute atomic E-state index is 0.285. The normalized spacial score (nSPS) is 21.7. The van der Waals surface area contributed by atoms with Crippen LogP contribution >= 0.6 is 0 Å². The van der Waals surface area contributed by atoms with E-state index in [0.29, 0.717) is 5.69 Å². The maximum Gasteiger partial charge on any atom is 0.155 e. The summed E-state index contributed by atoms with van der Waals surface area (Å²) in [6.45, 7) is 1.85. The quantitative estimate of drug-likeness (QED) is 0.774. The second kappa shape index (κ2) is 4.44. The van der Waals surface area contributed by atoms with Crippen LogP contribution in [0.25, 0.3) is 0 Å². The van der Waals surface area contributed by atoms with Gasteiger partial charge in [-0.1, -0.05) is 0 Å². The number of rotatable bonds is 2. The molecule has 0 aromatic carbocycles. The fourth-order valence-electron chi connectivity index (χ4n) is 1.92. The van der Waals surface area contributed by atoms with Crippen LogP contribution < -0.4 is 10.6 Å². The van der Waals surface area contributed by atoms with Crippen LogP contribution in [0, 0.1) is 0 Å². The zero-order valence-electron chi connectivity index (χ0n) is 8.89. The van der Waals surface area contributed by atoms with Crippen LogP contribution in [0.4, 0.5) is 11.5 Å². The lowest BCUT2D eigenvalue weighted by molar-refractivity contribution is 0.0892. The molecule has 0 radical (unpaired) electrons. The molecule has 2 N–H and O–H groups in total. The van der Waals surface area contributed by atoms with E-state index >= 15 is 0 Å². The Kier molecular flexibility index (Phi) is 3.01. The number of piperidine rings is 1. The molecular formula is C10H16N4O. The average molecular weight is 208 g/mol. The van der Waals surface area contributed by atoms with E-state index < -0.39 is 0 Å². The van der Waals surface area contributed by atoms with E-state index in [1.54, 1.807) is 13.3 Å². The van der Waals surface area contributed by atoms with Gasteiger partial charge in [0.2, 0.25) is 0 Å². The van der Waals surface area contributed by atoms with Gasteiger partial charge in [-0.25, -0.2) is 9.97 Å². The van der Waals surface area contributed by atoms with Gasteiger partial charge in [-0.2, -0.15) is 0 Å². The highest BCUT2D eigenvalue weighted by Crippen LogP contribution is 2.23. The molecule has 15 heavy (non-hydrogen) atoms. The molecule has 1 unspecified atom stereocenters. The first-order valence-corrected chi connectivity index (χ1v) is 5.14. The largest absolute Gasteiger partial charge is 0.394 e. The van der Waals surface area contributed by atoms with Crippen LogP contribution in [0.15, 0.2) is 12.5 Å². The molecule has 0 spiro atoms. The third-order valence-electron chi connectivity index (χ3n) is 2.73. The first-order valence-electron chi connectivity index (χ1n) is 5.14. The summed E-state index contributed by atoms with van der Waals surface area (Å²) in [6, 6.07) is 0. The van der Waals surface area contributed by atoms with Crippen molar-refractivity contribution in [2.24, 2.45) is 0 Å². The van der Waals surface area contributed by atoms with Crippen LogP contribution in [0.2, 0.25) is 0 Å². The number of hydrogen-bond donors (Lipinski definition) is 1. The average Bonchev–Trinajstić information content (AvgIpc) is 2.30. The highest BCUT2D eigenvalue weighted by molar-refractivity contribution is 5.61. The Balaban J connectivity index is 2.13. The SMILES string of the molecule is COC1CCCN(c2ncncc2N)C1. The number of methoxy groups -OCH3 is 1. The molecule has 1 aromatic heterocycles.